The number of alkyl halides is 2. The zero-order chi connectivity index (χ0) is 17.3. The van der Waals surface area contributed by atoms with Crippen LogP contribution in [-0.2, 0) is 0 Å². The van der Waals surface area contributed by atoms with E-state index < -0.39 is 12.4 Å². The maximum absolute atomic E-state index is 12.6. The molecule has 0 atom stereocenters. The van der Waals surface area contributed by atoms with E-state index in [1.165, 1.54) is 42.5 Å². The monoisotopic (exact) mass is 332 g/mol. The van der Waals surface area contributed by atoms with Gasteiger partial charge in [-0.3, -0.25) is 4.79 Å². The Morgan fingerprint density at radius 2 is 1.88 bits per heavy atom. The van der Waals surface area contributed by atoms with Crippen LogP contribution in [0.2, 0.25) is 0 Å². The van der Waals surface area contributed by atoms with Crippen LogP contribution in [-0.4, -0.2) is 17.4 Å². The Hall–Kier alpha value is -3.22. The standard InChI is InChI=1S/C17H10F2O5/c18-16(19)9-1-3-11(4-2-9)23-14-5-10(17(21)22)6-15-13(14)7-12(8-20)24-15/h1-8,16H,(H,21,22). The minimum absolute atomic E-state index is 0.0189. The molecular formula is C17H10F2O5. The summed E-state index contributed by atoms with van der Waals surface area (Å²) in [4.78, 5) is 22.0. The first-order chi connectivity index (χ1) is 11.5. The average molecular weight is 332 g/mol. The molecule has 0 saturated carbocycles. The Labute approximate surface area is 134 Å². The van der Waals surface area contributed by atoms with Crippen molar-refractivity contribution < 1.29 is 32.6 Å². The van der Waals surface area contributed by atoms with Gasteiger partial charge in [0, 0.05) is 5.56 Å². The van der Waals surface area contributed by atoms with E-state index in [9.17, 15) is 18.4 Å². The maximum Gasteiger partial charge on any atom is 0.335 e. The van der Waals surface area contributed by atoms with Crippen LogP contribution >= 0.6 is 0 Å². The van der Waals surface area contributed by atoms with Crippen LogP contribution < -0.4 is 4.74 Å². The van der Waals surface area contributed by atoms with E-state index in [0.717, 1.165) is 0 Å². The molecule has 3 rings (SSSR count). The molecule has 0 fully saturated rings. The first kappa shape index (κ1) is 15.7. The van der Waals surface area contributed by atoms with Gasteiger partial charge < -0.3 is 14.3 Å². The largest absolute Gasteiger partial charge is 0.478 e. The summed E-state index contributed by atoms with van der Waals surface area (Å²) >= 11 is 0. The topological polar surface area (TPSA) is 76.7 Å². The van der Waals surface area contributed by atoms with Crippen molar-refractivity contribution in [3.05, 3.63) is 59.4 Å². The normalized spacial score (nSPS) is 11.0. The van der Waals surface area contributed by atoms with Crippen molar-refractivity contribution in [2.45, 2.75) is 6.43 Å². The fourth-order valence-electron chi connectivity index (χ4n) is 2.20. The van der Waals surface area contributed by atoms with Gasteiger partial charge in [-0.05, 0) is 42.5 Å². The molecule has 0 aliphatic heterocycles. The molecule has 24 heavy (non-hydrogen) atoms. The minimum Gasteiger partial charge on any atom is -0.478 e. The van der Waals surface area contributed by atoms with Gasteiger partial charge in [-0.1, -0.05) is 0 Å². The van der Waals surface area contributed by atoms with Crippen LogP contribution in [0.25, 0.3) is 11.0 Å². The fourth-order valence-corrected chi connectivity index (χ4v) is 2.20. The number of aromatic carboxylic acids is 1. The lowest BCUT2D eigenvalue weighted by molar-refractivity contribution is 0.0696. The predicted molar refractivity (Wildman–Crippen MR) is 80.0 cm³/mol. The second kappa shape index (κ2) is 6.11. The van der Waals surface area contributed by atoms with E-state index in [-0.39, 0.29) is 34.0 Å². The smallest absolute Gasteiger partial charge is 0.335 e. The van der Waals surface area contributed by atoms with Crippen LogP contribution in [0, 0.1) is 0 Å². The van der Waals surface area contributed by atoms with Crippen molar-refractivity contribution in [2.24, 2.45) is 0 Å². The molecule has 0 amide bonds. The van der Waals surface area contributed by atoms with Crippen molar-refractivity contribution in [2.75, 3.05) is 0 Å². The number of halogens is 2. The van der Waals surface area contributed by atoms with Crippen LogP contribution in [0.1, 0.15) is 32.9 Å². The Kier molecular flexibility index (Phi) is 3.99. The van der Waals surface area contributed by atoms with Crippen molar-refractivity contribution in [1.82, 2.24) is 0 Å². The van der Waals surface area contributed by atoms with Gasteiger partial charge in [-0.25, -0.2) is 13.6 Å². The molecule has 0 bridgehead atoms. The molecule has 0 spiro atoms. The summed E-state index contributed by atoms with van der Waals surface area (Å²) in [6, 6.07) is 9.09. The Morgan fingerprint density at radius 3 is 2.46 bits per heavy atom. The second-order valence-electron chi connectivity index (χ2n) is 4.93. The molecule has 1 aromatic heterocycles. The quantitative estimate of drug-likeness (QED) is 0.687. The number of carboxylic acids is 1. The van der Waals surface area contributed by atoms with Crippen LogP contribution in [0.5, 0.6) is 11.5 Å². The van der Waals surface area contributed by atoms with Crippen molar-refractivity contribution in [3.63, 3.8) is 0 Å². The average Bonchev–Trinajstić information content (AvgIpc) is 2.98. The molecule has 2 aromatic carbocycles. The summed E-state index contributed by atoms with van der Waals surface area (Å²) in [5.74, 6) is -0.784. The summed E-state index contributed by atoms with van der Waals surface area (Å²) in [5.41, 5.74) is -0.0666. The summed E-state index contributed by atoms with van der Waals surface area (Å²) in [6.45, 7) is 0. The van der Waals surface area contributed by atoms with Gasteiger partial charge in [0.25, 0.3) is 6.43 Å². The molecule has 122 valence electrons. The third-order valence-corrected chi connectivity index (χ3v) is 3.34. The zero-order valence-corrected chi connectivity index (χ0v) is 12.0. The molecule has 5 nitrogen and oxygen atoms in total. The van der Waals surface area contributed by atoms with Crippen LogP contribution in [0.15, 0.2) is 46.9 Å². The highest BCUT2D eigenvalue weighted by Crippen LogP contribution is 2.34. The number of carbonyl (C=O) groups excluding carboxylic acids is 1. The number of hydrogen-bond donors (Lipinski definition) is 1. The number of aldehydes is 1. The molecule has 3 aromatic rings. The van der Waals surface area contributed by atoms with E-state index in [1.54, 1.807) is 0 Å². The number of fused-ring (bicyclic) bond motifs is 1. The minimum atomic E-state index is -2.59. The number of carbonyl (C=O) groups is 2. The van der Waals surface area contributed by atoms with Gasteiger partial charge in [-0.2, -0.15) is 0 Å². The number of benzene rings is 2. The van der Waals surface area contributed by atoms with E-state index in [4.69, 9.17) is 14.3 Å². The molecule has 1 N–H and O–H groups in total. The molecule has 7 heteroatoms. The highest BCUT2D eigenvalue weighted by Gasteiger charge is 2.15. The Bertz CT molecular complexity index is 913. The van der Waals surface area contributed by atoms with Crippen molar-refractivity contribution >= 4 is 23.2 Å². The number of furan rings is 1. The molecule has 0 aliphatic rings. The van der Waals surface area contributed by atoms with Gasteiger partial charge in [0.2, 0.25) is 0 Å². The first-order valence-electron chi connectivity index (χ1n) is 6.80. The van der Waals surface area contributed by atoms with E-state index in [0.29, 0.717) is 11.7 Å². The lowest BCUT2D eigenvalue weighted by Gasteiger charge is -2.08. The third kappa shape index (κ3) is 2.96. The second-order valence-corrected chi connectivity index (χ2v) is 4.93. The molecule has 0 saturated heterocycles. The van der Waals surface area contributed by atoms with Crippen molar-refractivity contribution in [3.8, 4) is 11.5 Å². The van der Waals surface area contributed by atoms with Gasteiger partial charge >= 0.3 is 5.97 Å². The van der Waals surface area contributed by atoms with Gasteiger partial charge in [0.1, 0.15) is 17.1 Å². The Morgan fingerprint density at radius 1 is 1.17 bits per heavy atom. The summed E-state index contributed by atoms with van der Waals surface area (Å²) in [5, 5.41) is 9.55. The number of carboxylic acid groups (broad SMARTS) is 1. The fraction of sp³-hybridized carbons (Fsp3) is 0.0588. The lowest BCUT2D eigenvalue weighted by Crippen LogP contribution is -1.97. The van der Waals surface area contributed by atoms with E-state index in [1.807, 2.05) is 0 Å². The summed E-state index contributed by atoms with van der Waals surface area (Å²) in [6.07, 6.45) is -2.10. The first-order valence-corrected chi connectivity index (χ1v) is 6.80. The predicted octanol–water partition coefficient (Wildman–Crippen LogP) is 4.67. The van der Waals surface area contributed by atoms with Gasteiger partial charge in [0.15, 0.2) is 12.0 Å². The Balaban J connectivity index is 2.04. The number of rotatable bonds is 5. The third-order valence-electron chi connectivity index (χ3n) is 3.34. The number of hydrogen-bond acceptors (Lipinski definition) is 4. The highest BCUT2D eigenvalue weighted by atomic mass is 19.3. The summed E-state index contributed by atoms with van der Waals surface area (Å²) in [7, 11) is 0. The van der Waals surface area contributed by atoms with Crippen LogP contribution in [0.3, 0.4) is 0 Å². The zero-order valence-electron chi connectivity index (χ0n) is 12.0. The van der Waals surface area contributed by atoms with Crippen LogP contribution in [0.4, 0.5) is 8.78 Å². The van der Waals surface area contributed by atoms with E-state index in [2.05, 4.69) is 0 Å². The highest BCUT2D eigenvalue weighted by molar-refractivity contribution is 5.97. The molecule has 1 heterocycles. The maximum atomic E-state index is 12.6. The summed E-state index contributed by atoms with van der Waals surface area (Å²) < 4.78 is 35.9. The van der Waals surface area contributed by atoms with Gasteiger partial charge in [-0.15, -0.1) is 0 Å². The van der Waals surface area contributed by atoms with E-state index >= 15 is 0 Å². The molecule has 0 aliphatic carbocycles. The molecule has 0 unspecified atom stereocenters. The molecule has 0 radical (unpaired) electrons. The van der Waals surface area contributed by atoms with Gasteiger partial charge in [0.05, 0.1) is 10.9 Å². The SMILES string of the molecule is O=Cc1cc2c(Oc3ccc(C(F)F)cc3)cc(C(=O)O)cc2o1. The molecular weight excluding hydrogens is 322 g/mol. The number of ether oxygens (including phenoxy) is 1. The van der Waals surface area contributed by atoms with Crippen molar-refractivity contribution in [1.29, 1.82) is 0 Å². The lowest BCUT2D eigenvalue weighted by atomic mass is 10.1.